The van der Waals surface area contributed by atoms with Crippen molar-refractivity contribution in [1.29, 1.82) is 0 Å². The van der Waals surface area contributed by atoms with E-state index in [2.05, 4.69) is 0 Å². The smallest absolute Gasteiger partial charge is 0.418 e. The summed E-state index contributed by atoms with van der Waals surface area (Å²) in [7, 11) is 0. The molecular weight excluding hydrogens is 263 g/mol. The quantitative estimate of drug-likeness (QED) is 0.480. The lowest BCUT2D eigenvalue weighted by Crippen LogP contribution is -2.25. The molecule has 0 unspecified atom stereocenters. The first-order valence-corrected chi connectivity index (χ1v) is 5.81. The molecule has 0 fully saturated rings. The molecule has 0 aliphatic rings. The Morgan fingerprint density at radius 3 is 2.10 bits per heavy atom. The fraction of sp³-hybridized carbons (Fsp3) is 0.0667. The van der Waals surface area contributed by atoms with Crippen LogP contribution in [-0.2, 0) is 9.59 Å². The van der Waals surface area contributed by atoms with Crippen molar-refractivity contribution in [2.45, 2.75) is 6.92 Å². The van der Waals surface area contributed by atoms with Gasteiger partial charge in [0.15, 0.2) is 0 Å². The molecule has 2 aromatic carbocycles. The van der Waals surface area contributed by atoms with Gasteiger partial charge in [0.1, 0.15) is 17.3 Å². The molecule has 0 spiro atoms. The summed E-state index contributed by atoms with van der Waals surface area (Å²) in [5, 5.41) is 0. The van der Waals surface area contributed by atoms with Crippen LogP contribution in [0.3, 0.4) is 0 Å². The van der Waals surface area contributed by atoms with Crippen LogP contribution in [0.25, 0.3) is 0 Å². The molecule has 0 atom stereocenters. The molecule has 2 aromatic rings. The number of hydrogen-bond acceptors (Lipinski definition) is 4. The van der Waals surface area contributed by atoms with Crippen molar-refractivity contribution < 1.29 is 23.5 Å². The maximum atomic E-state index is 13.1. The highest BCUT2D eigenvalue weighted by molar-refractivity contribution is 6.31. The zero-order valence-electron chi connectivity index (χ0n) is 10.6. The van der Waals surface area contributed by atoms with Crippen LogP contribution in [0.2, 0.25) is 0 Å². The van der Waals surface area contributed by atoms with Crippen molar-refractivity contribution in [3.63, 3.8) is 0 Å². The van der Waals surface area contributed by atoms with Crippen LogP contribution < -0.4 is 9.47 Å². The third-order valence-corrected chi connectivity index (χ3v) is 2.46. The third-order valence-electron chi connectivity index (χ3n) is 2.46. The van der Waals surface area contributed by atoms with Crippen molar-refractivity contribution in [2.75, 3.05) is 0 Å². The lowest BCUT2D eigenvalue weighted by molar-refractivity contribution is -0.156. The average molecular weight is 274 g/mol. The monoisotopic (exact) mass is 274 g/mol. The molecule has 0 bridgehead atoms. The normalized spacial score (nSPS) is 9.90. The number of carbonyl (C=O) groups is 2. The second-order valence-electron chi connectivity index (χ2n) is 4.00. The Balaban J connectivity index is 2.01. The summed E-state index contributed by atoms with van der Waals surface area (Å²) in [5.41, 5.74) is 0.312. The van der Waals surface area contributed by atoms with E-state index in [0.717, 1.165) is 6.07 Å². The number of aryl methyl sites for hydroxylation is 1. The molecule has 0 aliphatic carbocycles. The lowest BCUT2D eigenvalue weighted by atomic mass is 10.2. The number of halogens is 1. The van der Waals surface area contributed by atoms with Crippen LogP contribution in [-0.4, -0.2) is 11.9 Å². The van der Waals surface area contributed by atoms with Gasteiger partial charge in [0.2, 0.25) is 0 Å². The standard InChI is InChI=1S/C15H11FO4/c1-10-9-12(7-8-13(10)16)20-15(18)14(17)19-11-5-3-2-4-6-11/h2-9H,1H3. The van der Waals surface area contributed by atoms with Gasteiger partial charge >= 0.3 is 11.9 Å². The zero-order chi connectivity index (χ0) is 14.5. The first-order valence-electron chi connectivity index (χ1n) is 5.81. The van der Waals surface area contributed by atoms with E-state index in [1.54, 1.807) is 18.2 Å². The maximum absolute atomic E-state index is 13.1. The molecule has 4 nitrogen and oxygen atoms in total. The summed E-state index contributed by atoms with van der Waals surface area (Å²) in [5.74, 6) is -2.40. The van der Waals surface area contributed by atoms with Crippen LogP contribution in [0, 0.1) is 12.7 Å². The summed E-state index contributed by atoms with van der Waals surface area (Å²) in [6.45, 7) is 1.52. The minimum Gasteiger partial charge on any atom is -0.418 e. The summed E-state index contributed by atoms with van der Waals surface area (Å²) in [4.78, 5) is 23.0. The molecule has 0 aromatic heterocycles. The Labute approximate surface area is 114 Å². The Kier molecular flexibility index (Phi) is 4.10. The lowest BCUT2D eigenvalue weighted by Gasteiger charge is -2.05. The number of hydrogen-bond donors (Lipinski definition) is 0. The van der Waals surface area contributed by atoms with Crippen molar-refractivity contribution in [3.05, 3.63) is 59.9 Å². The van der Waals surface area contributed by atoms with E-state index in [-0.39, 0.29) is 11.5 Å². The van der Waals surface area contributed by atoms with Gasteiger partial charge in [-0.15, -0.1) is 0 Å². The van der Waals surface area contributed by atoms with Crippen molar-refractivity contribution in [1.82, 2.24) is 0 Å². The third kappa shape index (κ3) is 3.41. The molecule has 20 heavy (non-hydrogen) atoms. The number of benzene rings is 2. The summed E-state index contributed by atoms with van der Waals surface area (Å²) in [6, 6.07) is 11.9. The minimum atomic E-state index is -1.17. The van der Waals surface area contributed by atoms with Crippen LogP contribution >= 0.6 is 0 Å². The maximum Gasteiger partial charge on any atom is 0.423 e. The van der Waals surface area contributed by atoms with Gasteiger partial charge in [0.05, 0.1) is 0 Å². The highest BCUT2D eigenvalue weighted by Gasteiger charge is 2.19. The van der Waals surface area contributed by atoms with Gasteiger partial charge in [-0.1, -0.05) is 18.2 Å². The summed E-state index contributed by atoms with van der Waals surface area (Å²) >= 11 is 0. The summed E-state index contributed by atoms with van der Waals surface area (Å²) < 4.78 is 22.7. The zero-order valence-corrected chi connectivity index (χ0v) is 10.6. The van der Waals surface area contributed by atoms with Gasteiger partial charge in [0, 0.05) is 0 Å². The van der Waals surface area contributed by atoms with E-state index in [9.17, 15) is 14.0 Å². The molecule has 102 valence electrons. The van der Waals surface area contributed by atoms with E-state index in [1.165, 1.54) is 31.2 Å². The topological polar surface area (TPSA) is 52.6 Å². The van der Waals surface area contributed by atoms with Gasteiger partial charge in [-0.2, -0.15) is 0 Å². The van der Waals surface area contributed by atoms with Gasteiger partial charge in [-0.05, 0) is 42.8 Å². The van der Waals surface area contributed by atoms with E-state index >= 15 is 0 Å². The second-order valence-corrected chi connectivity index (χ2v) is 4.00. The molecule has 0 aliphatic heterocycles. The minimum absolute atomic E-state index is 0.0823. The van der Waals surface area contributed by atoms with E-state index in [4.69, 9.17) is 9.47 Å². The SMILES string of the molecule is Cc1cc(OC(=O)C(=O)Oc2ccccc2)ccc1F. The molecular formula is C15H11FO4. The molecule has 0 saturated carbocycles. The molecule has 0 saturated heterocycles. The number of esters is 2. The molecule has 5 heteroatoms. The number of para-hydroxylation sites is 1. The predicted octanol–water partition coefficient (Wildman–Crippen LogP) is 2.65. The second kappa shape index (κ2) is 5.97. The number of rotatable bonds is 2. The van der Waals surface area contributed by atoms with Crippen molar-refractivity contribution >= 4 is 11.9 Å². The van der Waals surface area contributed by atoms with Gasteiger partial charge in [-0.25, -0.2) is 14.0 Å². The van der Waals surface area contributed by atoms with Crippen molar-refractivity contribution in [3.8, 4) is 11.5 Å². The summed E-state index contributed by atoms with van der Waals surface area (Å²) in [6.07, 6.45) is 0. The average Bonchev–Trinajstić information content (AvgIpc) is 2.44. The van der Waals surface area contributed by atoms with E-state index in [1.807, 2.05) is 0 Å². The van der Waals surface area contributed by atoms with Crippen molar-refractivity contribution in [2.24, 2.45) is 0 Å². The Morgan fingerprint density at radius 2 is 1.50 bits per heavy atom. The van der Waals surface area contributed by atoms with Crippen LogP contribution in [0.1, 0.15) is 5.56 Å². The molecule has 0 N–H and O–H groups in total. The Hall–Kier alpha value is -2.69. The first-order chi connectivity index (χ1) is 9.56. The Morgan fingerprint density at radius 1 is 0.900 bits per heavy atom. The molecule has 0 heterocycles. The fourth-order valence-electron chi connectivity index (χ4n) is 1.47. The molecule has 0 radical (unpaired) electrons. The highest BCUT2D eigenvalue weighted by Crippen LogP contribution is 2.16. The van der Waals surface area contributed by atoms with Gasteiger partial charge < -0.3 is 9.47 Å². The van der Waals surface area contributed by atoms with Gasteiger partial charge in [-0.3, -0.25) is 0 Å². The van der Waals surface area contributed by atoms with Gasteiger partial charge in [0.25, 0.3) is 0 Å². The highest BCUT2D eigenvalue weighted by atomic mass is 19.1. The number of ether oxygens (including phenoxy) is 2. The fourth-order valence-corrected chi connectivity index (χ4v) is 1.47. The van der Waals surface area contributed by atoms with Crippen LogP contribution in [0.15, 0.2) is 48.5 Å². The molecule has 0 amide bonds. The molecule has 2 rings (SSSR count). The Bertz CT molecular complexity index is 638. The predicted molar refractivity (Wildman–Crippen MR) is 68.8 cm³/mol. The first kappa shape index (κ1) is 13.7. The largest absolute Gasteiger partial charge is 0.423 e. The van der Waals surface area contributed by atoms with Crippen LogP contribution in [0.4, 0.5) is 4.39 Å². The van der Waals surface area contributed by atoms with E-state index < -0.39 is 17.8 Å². The van der Waals surface area contributed by atoms with E-state index in [0.29, 0.717) is 5.56 Å². The van der Waals surface area contributed by atoms with Crippen LogP contribution in [0.5, 0.6) is 11.5 Å². The number of carbonyl (C=O) groups excluding carboxylic acids is 2.